The molecule has 1 saturated heterocycles. The second-order valence-electron chi connectivity index (χ2n) is 5.43. The average molecular weight is 282 g/mol. The van der Waals surface area contributed by atoms with E-state index in [0.29, 0.717) is 16.1 Å². The van der Waals surface area contributed by atoms with Gasteiger partial charge in [-0.15, -0.1) is 0 Å². The predicted molar refractivity (Wildman–Crippen MR) is 77.4 cm³/mol. The summed E-state index contributed by atoms with van der Waals surface area (Å²) in [6, 6.07) is 5.19. The summed E-state index contributed by atoms with van der Waals surface area (Å²) in [6.45, 7) is 5.73. The van der Waals surface area contributed by atoms with Crippen molar-refractivity contribution in [1.29, 1.82) is 0 Å². The molecule has 0 bridgehead atoms. The lowest BCUT2D eigenvalue weighted by molar-refractivity contribution is 0.204. The van der Waals surface area contributed by atoms with Crippen LogP contribution in [-0.2, 0) is 10.0 Å². The number of rotatable bonds is 2. The lowest BCUT2D eigenvalue weighted by Gasteiger charge is -2.38. The summed E-state index contributed by atoms with van der Waals surface area (Å²) in [5.41, 5.74) is 7.01. The Morgan fingerprint density at radius 1 is 1.21 bits per heavy atom. The topological polar surface area (TPSA) is 63.4 Å². The third-order valence-electron chi connectivity index (χ3n) is 3.99. The monoisotopic (exact) mass is 282 g/mol. The fraction of sp³-hybridized carbons (Fsp3) is 0.571. The third kappa shape index (κ3) is 2.49. The van der Waals surface area contributed by atoms with E-state index in [1.807, 2.05) is 13.8 Å². The van der Waals surface area contributed by atoms with Crippen LogP contribution in [0.1, 0.15) is 38.7 Å². The number of sulfonamides is 1. The van der Waals surface area contributed by atoms with Gasteiger partial charge in [-0.1, -0.05) is 12.5 Å². The Labute approximate surface area is 115 Å². The van der Waals surface area contributed by atoms with Crippen molar-refractivity contribution in [2.45, 2.75) is 57.0 Å². The molecule has 1 aliphatic heterocycles. The largest absolute Gasteiger partial charge is 0.398 e. The fourth-order valence-corrected chi connectivity index (χ4v) is 5.04. The van der Waals surface area contributed by atoms with Crippen LogP contribution in [0.3, 0.4) is 0 Å². The smallest absolute Gasteiger partial charge is 0.243 e. The summed E-state index contributed by atoms with van der Waals surface area (Å²) in [4.78, 5) is 0.341. The standard InChI is InChI=1S/C14H22N2O2S/c1-10-6-4-7-11(2)16(10)19(17,18)14-9-5-8-13(15)12(14)3/h5,8-11H,4,6-7,15H2,1-3H3/t10-,11+. The molecule has 1 aliphatic rings. The molecular formula is C14H22N2O2S. The zero-order valence-electron chi connectivity index (χ0n) is 11.8. The van der Waals surface area contributed by atoms with Crippen molar-refractivity contribution in [1.82, 2.24) is 4.31 Å². The van der Waals surface area contributed by atoms with Crippen LogP contribution < -0.4 is 5.73 Å². The zero-order valence-corrected chi connectivity index (χ0v) is 12.6. The quantitative estimate of drug-likeness (QED) is 0.848. The van der Waals surface area contributed by atoms with Gasteiger partial charge in [-0.2, -0.15) is 4.31 Å². The first-order valence-electron chi connectivity index (χ1n) is 6.74. The minimum Gasteiger partial charge on any atom is -0.398 e. The predicted octanol–water partition coefficient (Wildman–Crippen LogP) is 2.53. The number of hydrogen-bond acceptors (Lipinski definition) is 3. The second-order valence-corrected chi connectivity index (χ2v) is 7.25. The van der Waals surface area contributed by atoms with E-state index in [0.717, 1.165) is 19.3 Å². The van der Waals surface area contributed by atoms with Gasteiger partial charge in [0.05, 0.1) is 4.90 Å². The maximum atomic E-state index is 12.9. The van der Waals surface area contributed by atoms with Gasteiger partial charge in [-0.25, -0.2) is 8.42 Å². The number of nitrogens with two attached hydrogens (primary N) is 1. The van der Waals surface area contributed by atoms with Crippen molar-refractivity contribution in [2.75, 3.05) is 5.73 Å². The molecule has 5 heteroatoms. The second kappa shape index (κ2) is 5.13. The number of nitrogen functional groups attached to an aromatic ring is 1. The number of piperidine rings is 1. The Hall–Kier alpha value is -1.07. The SMILES string of the molecule is Cc1c(N)cccc1S(=O)(=O)N1[C@H](C)CCC[C@@H]1C. The molecule has 0 spiro atoms. The van der Waals surface area contributed by atoms with Gasteiger partial charge in [-0.3, -0.25) is 0 Å². The van der Waals surface area contributed by atoms with Crippen molar-refractivity contribution < 1.29 is 8.42 Å². The molecule has 2 N–H and O–H groups in total. The van der Waals surface area contributed by atoms with Crippen molar-refractivity contribution in [3.05, 3.63) is 23.8 Å². The van der Waals surface area contributed by atoms with Crippen LogP contribution in [0.15, 0.2) is 23.1 Å². The van der Waals surface area contributed by atoms with Gasteiger partial charge >= 0.3 is 0 Å². The van der Waals surface area contributed by atoms with Gasteiger partial charge in [-0.05, 0) is 51.3 Å². The molecule has 2 rings (SSSR count). The van der Waals surface area contributed by atoms with E-state index < -0.39 is 10.0 Å². The maximum Gasteiger partial charge on any atom is 0.243 e. The molecule has 1 fully saturated rings. The van der Waals surface area contributed by atoms with E-state index in [1.165, 1.54) is 0 Å². The Morgan fingerprint density at radius 2 is 1.79 bits per heavy atom. The summed E-state index contributed by atoms with van der Waals surface area (Å²) in [6.07, 6.45) is 2.93. The molecule has 1 heterocycles. The fourth-order valence-electron chi connectivity index (χ4n) is 2.90. The van der Waals surface area contributed by atoms with E-state index >= 15 is 0 Å². The molecule has 0 aromatic heterocycles. The molecular weight excluding hydrogens is 260 g/mol. The highest BCUT2D eigenvalue weighted by Crippen LogP contribution is 2.31. The zero-order chi connectivity index (χ0) is 14.2. The molecule has 0 aliphatic carbocycles. The van der Waals surface area contributed by atoms with Gasteiger partial charge in [0.15, 0.2) is 0 Å². The van der Waals surface area contributed by atoms with Crippen LogP contribution in [-0.4, -0.2) is 24.8 Å². The summed E-state index contributed by atoms with van der Waals surface area (Å²) < 4.78 is 27.4. The van der Waals surface area contributed by atoms with Crippen LogP contribution in [0.2, 0.25) is 0 Å². The van der Waals surface area contributed by atoms with Crippen LogP contribution in [0.25, 0.3) is 0 Å². The van der Waals surface area contributed by atoms with Crippen LogP contribution in [0.5, 0.6) is 0 Å². The first-order chi connectivity index (χ1) is 8.85. The molecule has 1 aromatic rings. The summed E-state index contributed by atoms with van der Waals surface area (Å²) in [7, 11) is -3.46. The molecule has 0 radical (unpaired) electrons. The minimum absolute atomic E-state index is 0.0505. The summed E-state index contributed by atoms with van der Waals surface area (Å²) in [5, 5.41) is 0. The van der Waals surface area contributed by atoms with Crippen LogP contribution in [0.4, 0.5) is 5.69 Å². The van der Waals surface area contributed by atoms with Crippen LogP contribution >= 0.6 is 0 Å². The number of anilines is 1. The number of hydrogen-bond donors (Lipinski definition) is 1. The normalized spacial score (nSPS) is 25.4. The third-order valence-corrected chi connectivity index (χ3v) is 6.27. The Kier molecular flexibility index (Phi) is 3.87. The van der Waals surface area contributed by atoms with Gasteiger partial charge < -0.3 is 5.73 Å². The molecule has 4 nitrogen and oxygen atoms in total. The highest BCUT2D eigenvalue weighted by molar-refractivity contribution is 7.89. The Morgan fingerprint density at radius 3 is 2.37 bits per heavy atom. The number of benzene rings is 1. The number of nitrogens with zero attached hydrogens (tertiary/aromatic N) is 1. The van der Waals surface area contributed by atoms with Gasteiger partial charge in [0.1, 0.15) is 0 Å². The molecule has 0 saturated carbocycles. The van der Waals surface area contributed by atoms with E-state index in [9.17, 15) is 8.42 Å². The van der Waals surface area contributed by atoms with E-state index in [-0.39, 0.29) is 12.1 Å². The summed E-state index contributed by atoms with van der Waals surface area (Å²) >= 11 is 0. The maximum absolute atomic E-state index is 12.9. The molecule has 0 amide bonds. The van der Waals surface area contributed by atoms with Gasteiger partial charge in [0.2, 0.25) is 10.0 Å². The van der Waals surface area contributed by atoms with Crippen LogP contribution in [0, 0.1) is 6.92 Å². The first kappa shape index (κ1) is 14.3. The average Bonchev–Trinajstić information content (AvgIpc) is 2.32. The van der Waals surface area contributed by atoms with E-state index in [4.69, 9.17) is 5.73 Å². The Balaban J connectivity index is 2.50. The lowest BCUT2D eigenvalue weighted by atomic mass is 10.0. The minimum atomic E-state index is -3.46. The van der Waals surface area contributed by atoms with Crippen molar-refractivity contribution in [3.63, 3.8) is 0 Å². The molecule has 19 heavy (non-hydrogen) atoms. The molecule has 1 aromatic carbocycles. The van der Waals surface area contributed by atoms with Crippen molar-refractivity contribution in [3.8, 4) is 0 Å². The summed E-state index contributed by atoms with van der Waals surface area (Å²) in [5.74, 6) is 0. The lowest BCUT2D eigenvalue weighted by Crippen LogP contribution is -2.47. The first-order valence-corrected chi connectivity index (χ1v) is 8.18. The van der Waals surface area contributed by atoms with Crippen molar-refractivity contribution >= 4 is 15.7 Å². The molecule has 2 atom stereocenters. The van der Waals surface area contributed by atoms with Gasteiger partial charge in [0.25, 0.3) is 0 Å². The molecule has 106 valence electrons. The van der Waals surface area contributed by atoms with Gasteiger partial charge in [0, 0.05) is 17.8 Å². The van der Waals surface area contributed by atoms with E-state index in [1.54, 1.807) is 29.4 Å². The highest BCUT2D eigenvalue weighted by atomic mass is 32.2. The van der Waals surface area contributed by atoms with E-state index in [2.05, 4.69) is 0 Å². The Bertz CT molecular complexity index is 559. The van der Waals surface area contributed by atoms with Crippen molar-refractivity contribution in [2.24, 2.45) is 0 Å². The highest BCUT2D eigenvalue weighted by Gasteiger charge is 2.36. The molecule has 0 unspecified atom stereocenters.